The Morgan fingerprint density at radius 3 is 1.52 bits per heavy atom. The first-order valence-corrected chi connectivity index (χ1v) is 13.6. The Balaban J connectivity index is 1.50. The summed E-state index contributed by atoms with van der Waals surface area (Å²) in [4.78, 5) is 12.8. The van der Waals surface area contributed by atoms with Crippen molar-refractivity contribution in [1.29, 1.82) is 5.26 Å². The van der Waals surface area contributed by atoms with E-state index in [4.69, 9.17) is 6.57 Å². The molecule has 0 saturated heterocycles. The van der Waals surface area contributed by atoms with E-state index in [2.05, 4.69) is 93.7 Å². The molecule has 2 aromatic heterocycles. The largest absolute Gasteiger partial charge is 0.268 e. The smallest absolute Gasteiger partial charge is 0.212 e. The topological polar surface area (TPSA) is 53.9 Å². The van der Waals surface area contributed by atoms with Gasteiger partial charge in [0.05, 0.1) is 23.5 Å². The Morgan fingerprint density at radius 1 is 0.524 bits per heavy atom. The maximum atomic E-state index is 9.70. The van der Waals surface area contributed by atoms with E-state index >= 15 is 0 Å². The molecular weight excluding hydrogens is 512 g/mol. The number of aromatic nitrogens is 2. The van der Waals surface area contributed by atoms with Crippen molar-refractivity contribution < 1.29 is 0 Å². The zero-order valence-corrected chi connectivity index (χ0v) is 22.5. The first-order valence-electron chi connectivity index (χ1n) is 13.6. The third-order valence-corrected chi connectivity index (χ3v) is 7.62. The second-order valence-corrected chi connectivity index (χ2v) is 10.00. The van der Waals surface area contributed by atoms with E-state index in [1.165, 1.54) is 0 Å². The zero-order valence-electron chi connectivity index (χ0n) is 22.5. The van der Waals surface area contributed by atoms with E-state index in [1.807, 2.05) is 24.3 Å². The highest BCUT2D eigenvalue weighted by atomic mass is 14.8. The van der Waals surface area contributed by atoms with Crippen molar-refractivity contribution in [3.8, 4) is 50.8 Å². The van der Waals surface area contributed by atoms with E-state index < -0.39 is 0 Å². The van der Waals surface area contributed by atoms with Crippen molar-refractivity contribution in [2.24, 2.45) is 0 Å². The molecule has 0 N–H and O–H groups in total. The molecule has 42 heavy (non-hydrogen) atoms. The quantitative estimate of drug-likeness (QED) is 0.167. The molecule has 0 spiro atoms. The summed E-state index contributed by atoms with van der Waals surface area (Å²) in [6.45, 7) is 7.63. The second-order valence-electron chi connectivity index (χ2n) is 10.00. The highest BCUT2D eigenvalue weighted by molar-refractivity contribution is 6.21. The summed E-state index contributed by atoms with van der Waals surface area (Å²) in [6, 6.07) is 43.1. The molecule has 0 fully saturated rings. The van der Waals surface area contributed by atoms with Gasteiger partial charge in [-0.15, -0.1) is 0 Å². The van der Waals surface area contributed by atoms with Gasteiger partial charge >= 0.3 is 0 Å². The summed E-state index contributed by atoms with van der Waals surface area (Å²) in [6.07, 6.45) is 3.46. The molecule has 7 rings (SSSR count). The van der Waals surface area contributed by atoms with Crippen molar-refractivity contribution in [2.45, 2.75) is 0 Å². The standard InChI is InChI=1S/C38H22N4/c1-40-34-19-9-21-42-38(34)28-13-7-11-26(23-28)36-32-17-4-2-15-30(32)35(31-16-3-5-18-33(31)36)25-10-6-12-27(22-25)37-29(24-39)14-8-20-41-37/h2-23H. The normalized spacial score (nSPS) is 10.8. The van der Waals surface area contributed by atoms with Crippen LogP contribution in [0.15, 0.2) is 134 Å². The van der Waals surface area contributed by atoms with Crippen molar-refractivity contribution in [1.82, 2.24) is 9.97 Å². The summed E-state index contributed by atoms with van der Waals surface area (Å²) in [5.74, 6) is 0. The number of rotatable bonds is 4. The van der Waals surface area contributed by atoms with Crippen LogP contribution in [-0.2, 0) is 0 Å². The lowest BCUT2D eigenvalue weighted by atomic mass is 9.85. The Labute approximate surface area is 243 Å². The average molecular weight is 535 g/mol. The second kappa shape index (κ2) is 10.5. The van der Waals surface area contributed by atoms with Gasteiger partial charge in [0.25, 0.3) is 0 Å². The Morgan fingerprint density at radius 2 is 1.00 bits per heavy atom. The number of benzene rings is 5. The van der Waals surface area contributed by atoms with Gasteiger partial charge < -0.3 is 0 Å². The third kappa shape index (κ3) is 4.16. The summed E-state index contributed by atoms with van der Waals surface area (Å²) in [5, 5.41) is 14.2. The number of nitriles is 1. The van der Waals surface area contributed by atoms with Crippen LogP contribution in [0.1, 0.15) is 5.56 Å². The number of nitrogens with zero attached hydrogens (tertiary/aromatic N) is 4. The van der Waals surface area contributed by atoms with E-state index in [9.17, 15) is 5.26 Å². The molecule has 0 atom stereocenters. The molecule has 0 aliphatic rings. The van der Waals surface area contributed by atoms with Crippen LogP contribution in [0.25, 0.3) is 71.2 Å². The molecule has 5 aromatic carbocycles. The van der Waals surface area contributed by atoms with E-state index in [1.54, 1.807) is 36.7 Å². The Bertz CT molecular complexity index is 2020. The van der Waals surface area contributed by atoms with Gasteiger partial charge in [-0.2, -0.15) is 5.26 Å². The number of fused-ring (bicyclic) bond motifs is 2. The molecule has 4 nitrogen and oxygen atoms in total. The van der Waals surface area contributed by atoms with Crippen molar-refractivity contribution in [2.75, 3.05) is 0 Å². The van der Waals surface area contributed by atoms with Crippen LogP contribution in [0.3, 0.4) is 0 Å². The Kier molecular flexibility index (Phi) is 6.21. The lowest BCUT2D eigenvalue weighted by molar-refractivity contribution is 1.30. The SMILES string of the molecule is [C-]#[N+]c1cccnc1-c1cccc(-c2c3ccccc3c(-c3cccc(-c4ncccc4C#N)c3)c3ccccc23)c1. The molecule has 0 amide bonds. The van der Waals surface area contributed by atoms with Crippen LogP contribution >= 0.6 is 0 Å². The van der Waals surface area contributed by atoms with Crippen LogP contribution in [-0.4, -0.2) is 9.97 Å². The molecule has 0 aliphatic carbocycles. The maximum absolute atomic E-state index is 9.70. The number of hydrogen-bond acceptors (Lipinski definition) is 3. The Hall–Kier alpha value is -6.10. The van der Waals surface area contributed by atoms with E-state index in [0.717, 1.165) is 54.9 Å². The van der Waals surface area contributed by atoms with Gasteiger partial charge in [-0.3, -0.25) is 9.97 Å². The van der Waals surface area contributed by atoms with E-state index in [-0.39, 0.29) is 0 Å². The molecule has 194 valence electrons. The summed E-state index contributed by atoms with van der Waals surface area (Å²) in [5.41, 5.74) is 8.66. The maximum Gasteiger partial charge on any atom is 0.212 e. The molecular formula is C38H22N4. The summed E-state index contributed by atoms with van der Waals surface area (Å²) in [7, 11) is 0. The van der Waals surface area contributed by atoms with Crippen LogP contribution in [0.2, 0.25) is 0 Å². The first-order chi connectivity index (χ1) is 20.8. The van der Waals surface area contributed by atoms with Crippen molar-refractivity contribution in [3.05, 3.63) is 151 Å². The van der Waals surface area contributed by atoms with Crippen LogP contribution in [0.5, 0.6) is 0 Å². The lowest BCUT2D eigenvalue weighted by Crippen LogP contribution is -1.93. The first kappa shape index (κ1) is 24.9. The van der Waals surface area contributed by atoms with Crippen LogP contribution in [0, 0.1) is 17.9 Å². The summed E-state index contributed by atoms with van der Waals surface area (Å²) >= 11 is 0. The molecule has 4 heteroatoms. The molecule has 0 aliphatic heterocycles. The molecule has 0 radical (unpaired) electrons. The fraction of sp³-hybridized carbons (Fsp3) is 0. The molecule has 0 unspecified atom stereocenters. The molecule has 7 aromatic rings. The van der Waals surface area contributed by atoms with Gasteiger partial charge in [-0.1, -0.05) is 97.1 Å². The van der Waals surface area contributed by atoms with Gasteiger partial charge in [-0.25, -0.2) is 4.85 Å². The minimum atomic E-state index is 0.534. The molecule has 0 bridgehead atoms. The highest BCUT2D eigenvalue weighted by Gasteiger charge is 2.18. The minimum absolute atomic E-state index is 0.534. The molecule has 0 saturated carbocycles. The highest BCUT2D eigenvalue weighted by Crippen LogP contribution is 2.45. The zero-order chi connectivity index (χ0) is 28.5. The van der Waals surface area contributed by atoms with Gasteiger partial charge in [-0.05, 0) is 73.6 Å². The van der Waals surface area contributed by atoms with Crippen molar-refractivity contribution >= 4 is 27.2 Å². The third-order valence-electron chi connectivity index (χ3n) is 7.62. The minimum Gasteiger partial charge on any atom is -0.268 e. The van der Waals surface area contributed by atoms with Crippen LogP contribution < -0.4 is 0 Å². The van der Waals surface area contributed by atoms with Crippen molar-refractivity contribution in [3.63, 3.8) is 0 Å². The average Bonchev–Trinajstić information content (AvgIpc) is 3.07. The van der Waals surface area contributed by atoms with Gasteiger partial charge in [0.2, 0.25) is 5.69 Å². The van der Waals surface area contributed by atoms with Gasteiger partial charge in [0, 0.05) is 18.0 Å². The lowest BCUT2D eigenvalue weighted by Gasteiger charge is -2.18. The van der Waals surface area contributed by atoms with Crippen LogP contribution in [0.4, 0.5) is 5.69 Å². The fourth-order valence-corrected chi connectivity index (χ4v) is 5.83. The number of hydrogen-bond donors (Lipinski definition) is 0. The molecule has 2 heterocycles. The van der Waals surface area contributed by atoms with Gasteiger partial charge in [0.15, 0.2) is 0 Å². The fourth-order valence-electron chi connectivity index (χ4n) is 5.83. The monoisotopic (exact) mass is 534 g/mol. The van der Waals surface area contributed by atoms with E-state index in [0.29, 0.717) is 22.6 Å². The number of pyridine rings is 2. The predicted octanol–water partition coefficient (Wildman–Crippen LogP) is 9.87. The summed E-state index contributed by atoms with van der Waals surface area (Å²) < 4.78 is 0. The van der Waals surface area contributed by atoms with Gasteiger partial charge in [0.1, 0.15) is 6.07 Å². The predicted molar refractivity (Wildman–Crippen MR) is 170 cm³/mol.